The number of ether oxygens (including phenoxy) is 1. The average Bonchev–Trinajstić information content (AvgIpc) is 3.15. The fourth-order valence-electron chi connectivity index (χ4n) is 5.13. The number of fused-ring (bicyclic) bond motifs is 1. The van der Waals surface area contributed by atoms with Crippen LogP contribution in [0.2, 0.25) is 0 Å². The zero-order valence-electron chi connectivity index (χ0n) is 16.5. The molecule has 1 aromatic carbocycles. The molecule has 3 aliphatic rings. The topological polar surface area (TPSA) is 33.5 Å². The lowest BCUT2D eigenvalue weighted by atomic mass is 9.89. The molecule has 0 N–H and O–H groups in total. The molecular weight excluding hydrogens is 395 g/mol. The van der Waals surface area contributed by atoms with Crippen molar-refractivity contribution in [3.05, 3.63) is 48.0 Å². The molecule has 1 aliphatic carbocycles. The van der Waals surface area contributed by atoms with Crippen LogP contribution in [-0.2, 0) is 6.54 Å². The molecule has 0 bridgehead atoms. The van der Waals surface area contributed by atoms with Crippen molar-refractivity contribution in [2.24, 2.45) is 11.8 Å². The van der Waals surface area contributed by atoms with Crippen molar-refractivity contribution in [1.82, 2.24) is 19.4 Å². The first-order valence-corrected chi connectivity index (χ1v) is 9.81. The van der Waals surface area contributed by atoms with Crippen LogP contribution in [0.4, 0.5) is 0 Å². The summed E-state index contributed by atoms with van der Waals surface area (Å²) in [4.78, 5) is 9.81. The number of nitrogens with zero attached hydrogens (tertiary/aromatic N) is 4. The number of benzene rings is 1. The van der Waals surface area contributed by atoms with Gasteiger partial charge in [0.05, 0.1) is 13.7 Å². The maximum Gasteiger partial charge on any atom is 0.123 e. The number of aromatic nitrogens is 2. The highest BCUT2D eigenvalue weighted by molar-refractivity contribution is 5.85. The van der Waals surface area contributed by atoms with Gasteiger partial charge in [-0.05, 0) is 49.4 Å². The van der Waals surface area contributed by atoms with Crippen LogP contribution in [-0.4, -0.2) is 53.1 Å². The van der Waals surface area contributed by atoms with E-state index < -0.39 is 0 Å². The van der Waals surface area contributed by atoms with Gasteiger partial charge in [-0.25, -0.2) is 4.98 Å². The van der Waals surface area contributed by atoms with Gasteiger partial charge in [0.25, 0.3) is 0 Å². The van der Waals surface area contributed by atoms with Crippen LogP contribution in [0.5, 0.6) is 5.75 Å². The molecule has 0 amide bonds. The van der Waals surface area contributed by atoms with Crippen LogP contribution < -0.4 is 4.74 Å². The molecule has 5 rings (SSSR count). The second kappa shape index (κ2) is 8.62. The minimum absolute atomic E-state index is 0. The first-order chi connectivity index (χ1) is 12.7. The normalized spacial score (nSPS) is 27.1. The van der Waals surface area contributed by atoms with Gasteiger partial charge in [0.2, 0.25) is 0 Å². The maximum absolute atomic E-state index is 5.33. The summed E-state index contributed by atoms with van der Waals surface area (Å²) in [6.45, 7) is 4.55. The smallest absolute Gasteiger partial charge is 0.123 e. The van der Waals surface area contributed by atoms with Crippen molar-refractivity contribution >= 4 is 24.8 Å². The Morgan fingerprint density at radius 3 is 2.50 bits per heavy atom. The predicted octanol–water partition coefficient (Wildman–Crippen LogP) is 3.80. The SMILES string of the molecule is COc1ccc([C@H]2[C@@H]3CN(Cc4nccn4C4CC4)C[C@@H]3CN2C)cc1.Cl.Cl. The number of methoxy groups -OCH3 is 1. The number of halogens is 2. The fourth-order valence-corrected chi connectivity index (χ4v) is 5.13. The maximum atomic E-state index is 5.33. The van der Waals surface area contributed by atoms with Crippen molar-refractivity contribution in [3.8, 4) is 5.75 Å². The lowest BCUT2D eigenvalue weighted by Crippen LogP contribution is -2.29. The van der Waals surface area contributed by atoms with Gasteiger partial charge in [-0.1, -0.05) is 12.1 Å². The summed E-state index contributed by atoms with van der Waals surface area (Å²) in [5.41, 5.74) is 1.42. The summed E-state index contributed by atoms with van der Waals surface area (Å²) in [7, 11) is 4.00. The van der Waals surface area contributed by atoms with E-state index in [0.717, 1.165) is 18.2 Å². The Kier molecular flexibility index (Phi) is 6.60. The summed E-state index contributed by atoms with van der Waals surface area (Å²) in [5, 5.41) is 0. The lowest BCUT2D eigenvalue weighted by molar-refractivity contribution is 0.220. The molecule has 7 heteroatoms. The molecule has 3 heterocycles. The van der Waals surface area contributed by atoms with Crippen molar-refractivity contribution < 1.29 is 4.74 Å². The van der Waals surface area contributed by atoms with Crippen LogP contribution in [0.25, 0.3) is 0 Å². The first kappa shape index (κ1) is 21.4. The molecule has 28 heavy (non-hydrogen) atoms. The second-order valence-electron chi connectivity index (χ2n) is 8.26. The molecule has 3 atom stereocenters. The van der Waals surface area contributed by atoms with Gasteiger partial charge in [0.1, 0.15) is 11.6 Å². The van der Waals surface area contributed by atoms with E-state index in [1.54, 1.807) is 7.11 Å². The van der Waals surface area contributed by atoms with Crippen molar-refractivity contribution in [2.75, 3.05) is 33.8 Å². The van der Waals surface area contributed by atoms with Gasteiger partial charge in [-0.2, -0.15) is 0 Å². The number of likely N-dealkylation sites (tertiary alicyclic amines) is 2. The third-order valence-electron chi connectivity index (χ3n) is 6.48. The van der Waals surface area contributed by atoms with E-state index in [-0.39, 0.29) is 24.8 Å². The van der Waals surface area contributed by atoms with E-state index in [0.29, 0.717) is 18.0 Å². The minimum atomic E-state index is 0. The van der Waals surface area contributed by atoms with Crippen LogP contribution in [0, 0.1) is 11.8 Å². The third-order valence-corrected chi connectivity index (χ3v) is 6.48. The van der Waals surface area contributed by atoms with Gasteiger partial charge in [-0.3, -0.25) is 9.80 Å². The first-order valence-electron chi connectivity index (χ1n) is 9.81. The molecule has 1 saturated carbocycles. The quantitative estimate of drug-likeness (QED) is 0.730. The fraction of sp³-hybridized carbons (Fsp3) is 0.571. The molecule has 154 valence electrons. The van der Waals surface area contributed by atoms with Crippen LogP contribution in [0.3, 0.4) is 0 Å². The molecular formula is C21H30Cl2N4O. The molecule has 2 aromatic rings. The minimum Gasteiger partial charge on any atom is -0.497 e. The number of hydrogen-bond acceptors (Lipinski definition) is 4. The van der Waals surface area contributed by atoms with Gasteiger partial charge in [0.15, 0.2) is 0 Å². The van der Waals surface area contributed by atoms with E-state index in [4.69, 9.17) is 4.74 Å². The zero-order chi connectivity index (χ0) is 17.7. The summed E-state index contributed by atoms with van der Waals surface area (Å²) in [5.74, 6) is 3.65. The van der Waals surface area contributed by atoms with E-state index in [1.807, 2.05) is 6.20 Å². The van der Waals surface area contributed by atoms with Crippen molar-refractivity contribution in [1.29, 1.82) is 0 Å². The molecule has 2 aliphatic heterocycles. The molecule has 0 radical (unpaired) electrons. The Bertz CT molecular complexity index is 777. The summed E-state index contributed by atoms with van der Waals surface area (Å²) in [6.07, 6.45) is 6.77. The van der Waals surface area contributed by atoms with Gasteiger partial charge in [0, 0.05) is 44.1 Å². The third kappa shape index (κ3) is 3.90. The molecule has 0 unspecified atom stereocenters. The second-order valence-corrected chi connectivity index (χ2v) is 8.26. The average molecular weight is 425 g/mol. The lowest BCUT2D eigenvalue weighted by Gasteiger charge is -2.27. The van der Waals surface area contributed by atoms with E-state index in [1.165, 1.54) is 43.9 Å². The Labute approximate surface area is 179 Å². The molecule has 3 fully saturated rings. The Hall–Kier alpha value is -1.27. The van der Waals surface area contributed by atoms with Crippen molar-refractivity contribution in [3.63, 3.8) is 0 Å². The Morgan fingerprint density at radius 2 is 1.82 bits per heavy atom. The highest BCUT2D eigenvalue weighted by atomic mass is 35.5. The van der Waals surface area contributed by atoms with Gasteiger partial charge >= 0.3 is 0 Å². The number of imidazole rings is 1. The molecule has 5 nitrogen and oxygen atoms in total. The molecule has 2 saturated heterocycles. The number of rotatable bonds is 5. The Balaban J connectivity index is 0.00000112. The van der Waals surface area contributed by atoms with Gasteiger partial charge in [-0.15, -0.1) is 24.8 Å². The van der Waals surface area contributed by atoms with Gasteiger partial charge < -0.3 is 9.30 Å². The van der Waals surface area contributed by atoms with Crippen molar-refractivity contribution in [2.45, 2.75) is 31.5 Å². The Morgan fingerprint density at radius 1 is 1.07 bits per heavy atom. The predicted molar refractivity (Wildman–Crippen MR) is 116 cm³/mol. The molecule has 0 spiro atoms. The van der Waals surface area contributed by atoms with Crippen LogP contribution in [0.15, 0.2) is 36.7 Å². The standard InChI is InChI=1S/C21H28N4O.2ClH/c1-23-11-16-12-24(14-20-22-9-10-25(20)17-5-6-17)13-19(16)21(23)15-3-7-18(26-2)8-4-15;;/h3-4,7-10,16-17,19,21H,5-6,11-14H2,1-2H3;2*1H/t16-,19+,21-;;/m0../s1. The summed E-state index contributed by atoms with van der Waals surface area (Å²) in [6, 6.07) is 9.90. The van der Waals surface area contributed by atoms with E-state index in [9.17, 15) is 0 Å². The largest absolute Gasteiger partial charge is 0.497 e. The summed E-state index contributed by atoms with van der Waals surface area (Å²) >= 11 is 0. The molecule has 1 aromatic heterocycles. The van der Waals surface area contributed by atoms with E-state index in [2.05, 4.69) is 56.9 Å². The number of hydrogen-bond donors (Lipinski definition) is 0. The highest BCUT2D eigenvalue weighted by Crippen LogP contribution is 2.44. The van der Waals surface area contributed by atoms with Crippen LogP contribution >= 0.6 is 24.8 Å². The zero-order valence-corrected chi connectivity index (χ0v) is 18.2. The van der Waals surface area contributed by atoms with E-state index >= 15 is 0 Å². The highest BCUT2D eigenvalue weighted by Gasteiger charge is 2.46. The summed E-state index contributed by atoms with van der Waals surface area (Å²) < 4.78 is 7.73. The van der Waals surface area contributed by atoms with Crippen LogP contribution in [0.1, 0.15) is 36.3 Å². The monoisotopic (exact) mass is 424 g/mol.